The molecule has 0 N–H and O–H groups in total. The number of hydrogen-bond donors (Lipinski definition) is 0. The number of halogens is 1. The molecule has 0 bridgehead atoms. The summed E-state index contributed by atoms with van der Waals surface area (Å²) in [6, 6.07) is 10.5. The molecular weight excluding hydrogens is 419 g/mol. The molecule has 0 spiro atoms. The maximum Gasteiger partial charge on any atom is 0.360 e. The van der Waals surface area contributed by atoms with Crippen LogP contribution in [0.4, 0.5) is 4.39 Å². The van der Waals surface area contributed by atoms with Crippen molar-refractivity contribution < 1.29 is 13.5 Å². The predicted molar refractivity (Wildman–Crippen MR) is 139 cm³/mol. The SMILES string of the molecule is CCCCCCC[n+]1cc2c(cc1F)-c1c(c[n+](CCCCCCC)c3ccccc13)C2(C)C. The number of para-hydroxylation sites is 1. The fraction of sp³-hybridized carbons (Fsp3) is 0.548. The van der Waals surface area contributed by atoms with Crippen molar-refractivity contribution in [2.45, 2.75) is 110 Å². The van der Waals surface area contributed by atoms with E-state index in [9.17, 15) is 0 Å². The highest BCUT2D eigenvalue weighted by Gasteiger charge is 2.42. The van der Waals surface area contributed by atoms with Crippen molar-refractivity contribution >= 4 is 10.9 Å². The Bertz CT molecular complexity index is 1130. The minimum Gasteiger partial charge on any atom is -0.198 e. The summed E-state index contributed by atoms with van der Waals surface area (Å²) in [6.07, 6.45) is 16.8. The van der Waals surface area contributed by atoms with Gasteiger partial charge in [-0.05, 0) is 18.9 Å². The summed E-state index contributed by atoms with van der Waals surface area (Å²) >= 11 is 0. The molecular formula is C31H43FN2+2. The second-order valence-electron chi connectivity index (χ2n) is 10.7. The van der Waals surface area contributed by atoms with Crippen LogP contribution in [0.5, 0.6) is 0 Å². The number of unbranched alkanes of at least 4 members (excludes halogenated alkanes) is 8. The van der Waals surface area contributed by atoms with Crippen molar-refractivity contribution in [3.05, 3.63) is 59.8 Å². The molecule has 2 aromatic heterocycles. The number of aryl methyl sites for hydroxylation is 2. The second-order valence-corrected chi connectivity index (χ2v) is 10.7. The Labute approximate surface area is 205 Å². The van der Waals surface area contributed by atoms with E-state index in [1.54, 1.807) is 6.07 Å². The summed E-state index contributed by atoms with van der Waals surface area (Å²) < 4.78 is 19.6. The molecule has 4 rings (SSSR count). The normalized spacial score (nSPS) is 13.9. The molecule has 0 radical (unpaired) electrons. The first kappa shape index (κ1) is 24.8. The van der Waals surface area contributed by atoms with Gasteiger partial charge in [-0.3, -0.25) is 0 Å². The average molecular weight is 463 g/mol. The molecule has 3 aromatic rings. The van der Waals surface area contributed by atoms with Gasteiger partial charge in [-0.1, -0.05) is 78.4 Å². The summed E-state index contributed by atoms with van der Waals surface area (Å²) in [5, 5.41) is 1.25. The van der Waals surface area contributed by atoms with Gasteiger partial charge in [0.2, 0.25) is 5.52 Å². The molecule has 0 amide bonds. The molecule has 0 atom stereocenters. The van der Waals surface area contributed by atoms with Crippen LogP contribution >= 0.6 is 0 Å². The van der Waals surface area contributed by atoms with Gasteiger partial charge in [0.15, 0.2) is 18.9 Å². The van der Waals surface area contributed by atoms with Crippen LogP contribution in [0.25, 0.3) is 22.0 Å². The number of fused-ring (bicyclic) bond motifs is 5. The van der Waals surface area contributed by atoms with Gasteiger partial charge in [-0.25, -0.2) is 0 Å². The van der Waals surface area contributed by atoms with Gasteiger partial charge in [0, 0.05) is 46.6 Å². The highest BCUT2D eigenvalue weighted by Crippen LogP contribution is 2.50. The molecule has 0 saturated carbocycles. The molecule has 1 aliphatic carbocycles. The lowest BCUT2D eigenvalue weighted by molar-refractivity contribution is -0.724. The van der Waals surface area contributed by atoms with Crippen molar-refractivity contribution in [3.63, 3.8) is 0 Å². The Hall–Kier alpha value is -2.29. The van der Waals surface area contributed by atoms with Gasteiger partial charge in [0.25, 0.3) is 0 Å². The minimum atomic E-state index is -0.143. The number of rotatable bonds is 12. The first-order chi connectivity index (χ1) is 16.5. The smallest absolute Gasteiger partial charge is 0.198 e. The summed E-state index contributed by atoms with van der Waals surface area (Å²) in [5.41, 5.74) is 6.00. The zero-order chi connectivity index (χ0) is 24.1. The lowest BCUT2D eigenvalue weighted by Gasteiger charge is -2.19. The summed E-state index contributed by atoms with van der Waals surface area (Å²) in [6.45, 7) is 10.9. The maximum absolute atomic E-state index is 15.3. The zero-order valence-electron chi connectivity index (χ0n) is 21.8. The molecule has 2 nitrogen and oxygen atoms in total. The highest BCUT2D eigenvalue weighted by molar-refractivity contribution is 5.98. The first-order valence-electron chi connectivity index (χ1n) is 13.7. The first-order valence-corrected chi connectivity index (χ1v) is 13.7. The van der Waals surface area contributed by atoms with Crippen molar-refractivity contribution in [3.8, 4) is 11.1 Å². The molecule has 3 heteroatoms. The number of nitrogens with zero attached hydrogens (tertiary/aromatic N) is 2. The molecule has 182 valence electrons. The number of hydrogen-bond acceptors (Lipinski definition) is 0. The van der Waals surface area contributed by atoms with E-state index in [4.69, 9.17) is 0 Å². The highest BCUT2D eigenvalue weighted by atomic mass is 19.1. The molecule has 0 saturated heterocycles. The number of pyridine rings is 2. The van der Waals surface area contributed by atoms with Crippen LogP contribution in [0.3, 0.4) is 0 Å². The van der Waals surface area contributed by atoms with E-state index in [2.05, 4.69) is 68.9 Å². The summed E-state index contributed by atoms with van der Waals surface area (Å²) in [5.74, 6) is -0.116. The monoisotopic (exact) mass is 462 g/mol. The maximum atomic E-state index is 15.3. The standard InChI is InChI=1S/C31H43FN2/c1-5-7-9-11-15-19-33-23-27-30(24-17-13-14-18-28(24)33)25-21-29(32)34(20-16-12-10-8-6-2)22-26(25)31(27,3)4/h13-14,17-18,21-23H,5-12,15-16,19-20H2,1-4H3/q+2. The van der Waals surface area contributed by atoms with Crippen LogP contribution in [-0.2, 0) is 18.5 Å². The van der Waals surface area contributed by atoms with E-state index in [1.165, 1.54) is 85.4 Å². The second kappa shape index (κ2) is 11.0. The third kappa shape index (κ3) is 4.90. The van der Waals surface area contributed by atoms with E-state index in [0.717, 1.165) is 25.1 Å². The molecule has 0 fully saturated rings. The van der Waals surface area contributed by atoms with Crippen molar-refractivity contribution in [2.75, 3.05) is 0 Å². The van der Waals surface area contributed by atoms with Crippen LogP contribution in [0.1, 0.15) is 103 Å². The summed E-state index contributed by atoms with van der Waals surface area (Å²) in [7, 11) is 0. The van der Waals surface area contributed by atoms with E-state index in [-0.39, 0.29) is 11.4 Å². The Morgan fingerprint density at radius 3 is 2.00 bits per heavy atom. The van der Waals surface area contributed by atoms with Gasteiger partial charge >= 0.3 is 5.95 Å². The average Bonchev–Trinajstić information content (AvgIpc) is 3.04. The molecule has 34 heavy (non-hydrogen) atoms. The fourth-order valence-corrected chi connectivity index (χ4v) is 5.68. The molecule has 1 aliphatic rings. The Morgan fingerprint density at radius 1 is 0.735 bits per heavy atom. The summed E-state index contributed by atoms with van der Waals surface area (Å²) in [4.78, 5) is 0. The molecule has 0 unspecified atom stereocenters. The van der Waals surface area contributed by atoms with Gasteiger partial charge < -0.3 is 0 Å². The van der Waals surface area contributed by atoms with E-state index in [0.29, 0.717) is 0 Å². The van der Waals surface area contributed by atoms with Crippen molar-refractivity contribution in [1.82, 2.24) is 0 Å². The predicted octanol–water partition coefficient (Wildman–Crippen LogP) is 7.80. The Balaban J connectivity index is 1.69. The number of benzene rings is 1. The fourth-order valence-electron chi connectivity index (χ4n) is 5.68. The van der Waals surface area contributed by atoms with Crippen LogP contribution in [-0.4, -0.2) is 0 Å². The van der Waals surface area contributed by atoms with E-state index in [1.807, 2.05) is 4.57 Å². The third-order valence-electron chi connectivity index (χ3n) is 7.77. The lowest BCUT2D eigenvalue weighted by Crippen LogP contribution is -2.39. The van der Waals surface area contributed by atoms with Crippen LogP contribution in [0.15, 0.2) is 42.7 Å². The van der Waals surface area contributed by atoms with Crippen LogP contribution in [0.2, 0.25) is 0 Å². The quantitative estimate of drug-likeness (QED) is 0.147. The van der Waals surface area contributed by atoms with Gasteiger partial charge in [0.1, 0.15) is 6.54 Å². The van der Waals surface area contributed by atoms with E-state index < -0.39 is 0 Å². The van der Waals surface area contributed by atoms with Crippen molar-refractivity contribution in [1.29, 1.82) is 0 Å². The van der Waals surface area contributed by atoms with Gasteiger partial charge in [-0.2, -0.15) is 9.13 Å². The van der Waals surface area contributed by atoms with Crippen molar-refractivity contribution in [2.24, 2.45) is 0 Å². The third-order valence-corrected chi connectivity index (χ3v) is 7.77. The topological polar surface area (TPSA) is 7.76 Å². The van der Waals surface area contributed by atoms with Gasteiger partial charge in [-0.15, -0.1) is 4.39 Å². The largest absolute Gasteiger partial charge is 0.360 e. The van der Waals surface area contributed by atoms with Crippen LogP contribution < -0.4 is 9.13 Å². The Morgan fingerprint density at radius 2 is 1.32 bits per heavy atom. The Kier molecular flexibility index (Phi) is 8.01. The van der Waals surface area contributed by atoms with E-state index >= 15 is 4.39 Å². The van der Waals surface area contributed by atoms with Gasteiger partial charge in [0.05, 0.1) is 11.5 Å². The minimum absolute atomic E-state index is 0.116. The van der Waals surface area contributed by atoms with Crippen LogP contribution in [0, 0.1) is 5.95 Å². The lowest BCUT2D eigenvalue weighted by atomic mass is 9.83. The number of aromatic nitrogens is 2. The zero-order valence-corrected chi connectivity index (χ0v) is 21.8. The molecule has 1 aromatic carbocycles. The molecule has 0 aliphatic heterocycles. The molecule has 2 heterocycles.